The molecule has 118 valence electrons. The molecule has 0 amide bonds. The number of nitrogen functional groups attached to an aromatic ring is 1. The second-order valence-corrected chi connectivity index (χ2v) is 5.00. The summed E-state index contributed by atoms with van der Waals surface area (Å²) < 4.78 is 63.4. The van der Waals surface area contributed by atoms with E-state index >= 15 is 0 Å². The zero-order valence-electron chi connectivity index (χ0n) is 10.7. The summed E-state index contributed by atoms with van der Waals surface area (Å²) in [6.07, 6.45) is -4.55. The van der Waals surface area contributed by atoms with Gasteiger partial charge in [0.05, 0.1) is 6.21 Å². The van der Waals surface area contributed by atoms with Gasteiger partial charge in [0.25, 0.3) is 0 Å². The summed E-state index contributed by atoms with van der Waals surface area (Å²) in [6.45, 7) is 0. The highest BCUT2D eigenvalue weighted by Gasteiger charge is 2.58. The monoisotopic (exact) mass is 336 g/mol. The minimum Gasteiger partial charge on any atom is -0.383 e. The average molecular weight is 336 g/mol. The molecule has 10 heteroatoms. The van der Waals surface area contributed by atoms with Crippen molar-refractivity contribution < 1.29 is 22.0 Å². The largest absolute Gasteiger partial charge is 0.458 e. The summed E-state index contributed by atoms with van der Waals surface area (Å²) in [7, 11) is 0. The molecule has 0 bridgehead atoms. The average Bonchev–Trinajstić information content (AvgIpc) is 2.83. The fourth-order valence-electron chi connectivity index (χ4n) is 1.48. The van der Waals surface area contributed by atoms with Crippen LogP contribution in [-0.2, 0) is 5.92 Å². The van der Waals surface area contributed by atoms with Gasteiger partial charge in [-0.25, -0.2) is 4.98 Å². The maximum atomic E-state index is 13.2. The minimum absolute atomic E-state index is 0.0819. The molecule has 1 aromatic carbocycles. The molecule has 0 radical (unpaired) electrons. The predicted molar refractivity (Wildman–Crippen MR) is 74.1 cm³/mol. The number of nitrogens with two attached hydrogens (primary N) is 1. The van der Waals surface area contributed by atoms with Gasteiger partial charge in [0, 0.05) is 10.9 Å². The van der Waals surface area contributed by atoms with Gasteiger partial charge in [-0.05, 0) is 11.6 Å². The van der Waals surface area contributed by atoms with Gasteiger partial charge < -0.3 is 5.73 Å². The van der Waals surface area contributed by atoms with Crippen LogP contribution in [0.1, 0.15) is 11.1 Å². The van der Waals surface area contributed by atoms with Crippen LogP contribution in [0.2, 0.25) is 0 Å². The van der Waals surface area contributed by atoms with Crippen LogP contribution in [0.4, 0.5) is 32.9 Å². The highest BCUT2D eigenvalue weighted by Crippen LogP contribution is 2.43. The standard InChI is InChI=1S/C12H9F5N4S/c13-11(14,12(15,16)17)8-3-1-2-7(4-8)5-19-21-10-20-9(18)6-22-10/h1-6H,18H2,(H,20,21). The Balaban J connectivity index is 2.15. The highest BCUT2D eigenvalue weighted by atomic mass is 32.1. The first-order chi connectivity index (χ1) is 10.2. The Morgan fingerprint density at radius 1 is 1.23 bits per heavy atom. The van der Waals surface area contributed by atoms with Crippen LogP contribution >= 0.6 is 11.3 Å². The van der Waals surface area contributed by atoms with E-state index in [4.69, 9.17) is 5.73 Å². The molecule has 0 saturated heterocycles. The Morgan fingerprint density at radius 2 is 1.95 bits per heavy atom. The third-order valence-electron chi connectivity index (χ3n) is 2.50. The molecule has 2 aromatic rings. The molecule has 0 spiro atoms. The molecule has 4 nitrogen and oxygen atoms in total. The van der Waals surface area contributed by atoms with Crippen LogP contribution in [0.15, 0.2) is 34.7 Å². The molecule has 22 heavy (non-hydrogen) atoms. The van der Waals surface area contributed by atoms with Gasteiger partial charge in [0.2, 0.25) is 5.13 Å². The second-order valence-electron chi connectivity index (χ2n) is 4.15. The lowest BCUT2D eigenvalue weighted by molar-refractivity contribution is -0.289. The molecule has 1 heterocycles. The van der Waals surface area contributed by atoms with E-state index in [2.05, 4.69) is 15.5 Å². The van der Waals surface area contributed by atoms with E-state index in [1.807, 2.05) is 0 Å². The first-order valence-electron chi connectivity index (χ1n) is 5.75. The number of rotatable bonds is 4. The maximum Gasteiger partial charge on any atom is 0.458 e. The van der Waals surface area contributed by atoms with Crippen LogP contribution in [0.25, 0.3) is 0 Å². The van der Waals surface area contributed by atoms with Crippen LogP contribution in [0.5, 0.6) is 0 Å². The van der Waals surface area contributed by atoms with E-state index in [0.29, 0.717) is 11.2 Å². The number of halogens is 5. The SMILES string of the molecule is Nc1csc(NN=Cc2cccc(C(F)(F)C(F)(F)F)c2)n1. The predicted octanol–water partition coefficient (Wildman–Crippen LogP) is 3.83. The molecule has 0 aliphatic carbocycles. The Kier molecular flexibility index (Phi) is 4.31. The lowest BCUT2D eigenvalue weighted by Gasteiger charge is -2.19. The fraction of sp³-hybridized carbons (Fsp3) is 0.167. The molecule has 0 atom stereocenters. The number of alkyl halides is 5. The van der Waals surface area contributed by atoms with E-state index in [-0.39, 0.29) is 11.4 Å². The molecule has 2 rings (SSSR count). The molecule has 0 unspecified atom stereocenters. The summed E-state index contributed by atoms with van der Waals surface area (Å²) in [6, 6.07) is 3.86. The van der Waals surface area contributed by atoms with Crippen LogP contribution in [0, 0.1) is 0 Å². The molecule has 0 fully saturated rings. The first kappa shape index (κ1) is 16.1. The number of nitrogens with zero attached hydrogens (tertiary/aromatic N) is 2. The van der Waals surface area contributed by atoms with E-state index < -0.39 is 17.7 Å². The summed E-state index contributed by atoms with van der Waals surface area (Å²) in [4.78, 5) is 3.83. The van der Waals surface area contributed by atoms with E-state index in [9.17, 15) is 22.0 Å². The van der Waals surface area contributed by atoms with Crippen molar-refractivity contribution in [3.05, 3.63) is 40.8 Å². The number of hydrazone groups is 1. The summed E-state index contributed by atoms with van der Waals surface area (Å²) >= 11 is 1.17. The van der Waals surface area contributed by atoms with Gasteiger partial charge in [0.15, 0.2) is 0 Å². The van der Waals surface area contributed by atoms with Crippen LogP contribution in [-0.4, -0.2) is 17.4 Å². The Bertz CT molecular complexity index is 680. The lowest BCUT2D eigenvalue weighted by atomic mass is 10.1. The summed E-state index contributed by atoms with van der Waals surface area (Å²) in [5.41, 5.74) is 6.81. The number of thiazole rings is 1. The topological polar surface area (TPSA) is 63.3 Å². The van der Waals surface area contributed by atoms with E-state index in [0.717, 1.165) is 18.3 Å². The van der Waals surface area contributed by atoms with Gasteiger partial charge >= 0.3 is 12.1 Å². The van der Waals surface area contributed by atoms with Crippen molar-refractivity contribution in [2.45, 2.75) is 12.1 Å². The van der Waals surface area contributed by atoms with E-state index in [1.165, 1.54) is 17.4 Å². The Hall–Kier alpha value is -2.23. The van der Waals surface area contributed by atoms with Gasteiger partial charge in [-0.1, -0.05) is 18.2 Å². The minimum atomic E-state index is -5.65. The number of anilines is 2. The zero-order valence-corrected chi connectivity index (χ0v) is 11.6. The van der Waals surface area contributed by atoms with Crippen molar-refractivity contribution in [2.75, 3.05) is 11.2 Å². The summed E-state index contributed by atoms with van der Waals surface area (Å²) in [5.74, 6) is -4.64. The third kappa shape index (κ3) is 3.50. The Morgan fingerprint density at radius 3 is 2.55 bits per heavy atom. The molecule has 0 saturated carbocycles. The number of aromatic nitrogens is 1. The van der Waals surface area contributed by atoms with Crippen molar-refractivity contribution in [3.63, 3.8) is 0 Å². The van der Waals surface area contributed by atoms with Gasteiger partial charge in [-0.2, -0.15) is 27.1 Å². The van der Waals surface area contributed by atoms with Crippen molar-refractivity contribution in [1.29, 1.82) is 0 Å². The number of nitrogens with one attached hydrogen (secondary N) is 1. The first-order valence-corrected chi connectivity index (χ1v) is 6.63. The summed E-state index contributed by atoms with van der Waals surface area (Å²) in [5, 5.41) is 5.63. The van der Waals surface area contributed by atoms with E-state index in [1.54, 1.807) is 5.38 Å². The highest BCUT2D eigenvalue weighted by molar-refractivity contribution is 7.14. The van der Waals surface area contributed by atoms with Crippen molar-refractivity contribution in [3.8, 4) is 0 Å². The molecule has 0 aliphatic heterocycles. The molecular weight excluding hydrogens is 327 g/mol. The Labute approximate surface area is 125 Å². The molecule has 0 aliphatic rings. The second kappa shape index (κ2) is 5.87. The van der Waals surface area contributed by atoms with Gasteiger partial charge in [-0.15, -0.1) is 11.3 Å². The molecular formula is C12H9F5N4S. The number of benzene rings is 1. The lowest BCUT2D eigenvalue weighted by Crippen LogP contribution is -2.33. The zero-order chi connectivity index (χ0) is 16.4. The van der Waals surface area contributed by atoms with Crippen molar-refractivity contribution >= 4 is 28.5 Å². The third-order valence-corrected chi connectivity index (χ3v) is 3.27. The van der Waals surface area contributed by atoms with Gasteiger partial charge in [0.1, 0.15) is 5.82 Å². The maximum absolute atomic E-state index is 13.2. The fourth-order valence-corrected chi connectivity index (χ4v) is 2.03. The molecule has 3 N–H and O–H groups in total. The smallest absolute Gasteiger partial charge is 0.383 e. The molecule has 1 aromatic heterocycles. The van der Waals surface area contributed by atoms with Crippen molar-refractivity contribution in [2.24, 2.45) is 5.10 Å². The number of hydrogen-bond acceptors (Lipinski definition) is 5. The normalized spacial score (nSPS) is 12.8. The van der Waals surface area contributed by atoms with Crippen LogP contribution in [0.3, 0.4) is 0 Å². The number of hydrogen-bond donors (Lipinski definition) is 2. The van der Waals surface area contributed by atoms with Crippen molar-refractivity contribution in [1.82, 2.24) is 4.98 Å². The van der Waals surface area contributed by atoms with Crippen LogP contribution < -0.4 is 11.2 Å². The van der Waals surface area contributed by atoms with Gasteiger partial charge in [-0.3, -0.25) is 5.43 Å². The quantitative estimate of drug-likeness (QED) is 0.507.